The minimum Gasteiger partial charge on any atom is -0.476 e. The highest BCUT2D eigenvalue weighted by molar-refractivity contribution is 7.92. The lowest BCUT2D eigenvalue weighted by molar-refractivity contribution is -0.128. The highest BCUT2D eigenvalue weighted by atomic mass is 32.2. The second-order valence-electron chi connectivity index (χ2n) is 9.40. The Morgan fingerprint density at radius 1 is 1.00 bits per heavy atom. The zero-order valence-corrected chi connectivity index (χ0v) is 21.0. The summed E-state index contributed by atoms with van der Waals surface area (Å²) in [6.45, 7) is 3.45. The maximum atomic E-state index is 13.6. The number of nitrogens with zero attached hydrogens (tertiary/aromatic N) is 1. The zero-order chi connectivity index (χ0) is 25.2. The molecule has 0 saturated carbocycles. The molecule has 8 heteroatoms. The fourth-order valence-corrected chi connectivity index (χ4v) is 6.43. The summed E-state index contributed by atoms with van der Waals surface area (Å²) < 4.78 is 40.1. The molecular weight excluding hydrogens is 476 g/mol. The Balaban J connectivity index is 1.41. The van der Waals surface area contributed by atoms with Crippen LogP contribution in [-0.4, -0.2) is 46.7 Å². The maximum Gasteiger partial charge on any atom is 0.264 e. The topological polar surface area (TPSA) is 84.9 Å². The van der Waals surface area contributed by atoms with Crippen LogP contribution in [0.5, 0.6) is 5.75 Å². The normalized spacial score (nSPS) is 19.1. The molecule has 0 bridgehead atoms. The van der Waals surface area contributed by atoms with Gasteiger partial charge < -0.3 is 14.8 Å². The van der Waals surface area contributed by atoms with Gasteiger partial charge in [-0.1, -0.05) is 54.6 Å². The molecule has 3 aromatic rings. The van der Waals surface area contributed by atoms with E-state index in [1.807, 2.05) is 31.2 Å². The van der Waals surface area contributed by atoms with Crippen LogP contribution in [0.1, 0.15) is 24.0 Å². The third kappa shape index (κ3) is 4.70. The summed E-state index contributed by atoms with van der Waals surface area (Å²) in [5.41, 5.74) is 2.26. The molecule has 1 amide bonds. The second-order valence-corrected chi connectivity index (χ2v) is 11.3. The minimum absolute atomic E-state index is 0.110. The van der Waals surface area contributed by atoms with E-state index in [9.17, 15) is 13.2 Å². The van der Waals surface area contributed by atoms with Crippen LogP contribution >= 0.6 is 0 Å². The number of amides is 1. The Hall–Kier alpha value is -3.36. The molecule has 0 aliphatic carbocycles. The lowest BCUT2D eigenvalue weighted by Crippen LogP contribution is -2.53. The fraction of sp³-hybridized carbons (Fsp3) is 0.321. The highest BCUT2D eigenvalue weighted by Crippen LogP contribution is 2.38. The molecule has 0 radical (unpaired) electrons. The molecule has 1 unspecified atom stereocenters. The van der Waals surface area contributed by atoms with Crippen LogP contribution in [0.2, 0.25) is 0 Å². The van der Waals surface area contributed by atoms with Crippen molar-refractivity contribution >= 4 is 21.6 Å². The van der Waals surface area contributed by atoms with Crippen LogP contribution in [0.25, 0.3) is 0 Å². The molecule has 188 valence electrons. The van der Waals surface area contributed by atoms with Crippen LogP contribution in [0.15, 0.2) is 83.8 Å². The largest absolute Gasteiger partial charge is 0.476 e. The van der Waals surface area contributed by atoms with Crippen molar-refractivity contribution in [3.05, 3.63) is 90.0 Å². The molecule has 1 atom stereocenters. The molecule has 7 nitrogen and oxygen atoms in total. The van der Waals surface area contributed by atoms with Crippen LogP contribution in [0, 0.1) is 6.92 Å². The van der Waals surface area contributed by atoms with Gasteiger partial charge in [0.2, 0.25) is 0 Å². The molecule has 2 aliphatic heterocycles. The van der Waals surface area contributed by atoms with Gasteiger partial charge >= 0.3 is 0 Å². The Kier molecular flexibility index (Phi) is 6.73. The first-order valence-corrected chi connectivity index (χ1v) is 13.6. The van der Waals surface area contributed by atoms with Gasteiger partial charge in [0.05, 0.1) is 17.1 Å². The van der Waals surface area contributed by atoms with Crippen molar-refractivity contribution in [2.24, 2.45) is 0 Å². The summed E-state index contributed by atoms with van der Waals surface area (Å²) in [5, 5.41) is 3.07. The Bertz CT molecular complexity index is 1320. The van der Waals surface area contributed by atoms with Crippen LogP contribution in [0.3, 0.4) is 0 Å². The van der Waals surface area contributed by atoms with Gasteiger partial charge in [-0.3, -0.25) is 9.10 Å². The summed E-state index contributed by atoms with van der Waals surface area (Å²) in [7, 11) is -3.89. The summed E-state index contributed by atoms with van der Waals surface area (Å²) >= 11 is 0. The van der Waals surface area contributed by atoms with E-state index in [-0.39, 0.29) is 22.8 Å². The first-order valence-electron chi connectivity index (χ1n) is 12.2. The number of hydrogen-bond acceptors (Lipinski definition) is 5. The van der Waals surface area contributed by atoms with Crippen molar-refractivity contribution in [1.29, 1.82) is 0 Å². The summed E-state index contributed by atoms with van der Waals surface area (Å²) in [4.78, 5) is 13.6. The van der Waals surface area contributed by atoms with Crippen molar-refractivity contribution in [2.45, 2.75) is 36.2 Å². The van der Waals surface area contributed by atoms with Crippen LogP contribution in [0.4, 0.5) is 5.69 Å². The van der Waals surface area contributed by atoms with Gasteiger partial charge in [0.25, 0.3) is 15.9 Å². The lowest BCUT2D eigenvalue weighted by Gasteiger charge is -2.39. The summed E-state index contributed by atoms with van der Waals surface area (Å²) in [5.74, 6) is 0.0339. The first kappa shape index (κ1) is 24.3. The quantitative estimate of drug-likeness (QED) is 0.550. The molecular formula is C28H30N2O5S. The van der Waals surface area contributed by atoms with E-state index >= 15 is 0 Å². The van der Waals surface area contributed by atoms with Crippen LogP contribution in [-0.2, 0) is 25.0 Å². The second kappa shape index (κ2) is 9.95. The van der Waals surface area contributed by atoms with Crippen molar-refractivity contribution in [1.82, 2.24) is 5.32 Å². The Labute approximate surface area is 212 Å². The first-order chi connectivity index (χ1) is 17.4. The number of anilines is 1. The number of carbonyl (C=O) groups is 1. The predicted octanol–water partition coefficient (Wildman–Crippen LogP) is 3.82. The van der Waals surface area contributed by atoms with E-state index in [2.05, 4.69) is 17.4 Å². The van der Waals surface area contributed by atoms with Crippen molar-refractivity contribution < 1.29 is 22.7 Å². The molecule has 36 heavy (non-hydrogen) atoms. The van der Waals surface area contributed by atoms with Gasteiger partial charge in [0.1, 0.15) is 5.75 Å². The lowest BCUT2D eigenvalue weighted by atomic mass is 9.74. The van der Waals surface area contributed by atoms with Crippen LogP contribution < -0.4 is 14.4 Å². The monoisotopic (exact) mass is 506 g/mol. The van der Waals surface area contributed by atoms with E-state index in [0.717, 1.165) is 24.0 Å². The number of fused-ring (bicyclic) bond motifs is 1. The molecule has 1 saturated heterocycles. The van der Waals surface area contributed by atoms with Crippen molar-refractivity contribution in [3.8, 4) is 5.75 Å². The zero-order valence-electron chi connectivity index (χ0n) is 20.2. The number of hydrogen-bond donors (Lipinski definition) is 1. The standard InChI is InChI=1S/C28H30N2O5S/c1-21-12-13-25-24(18-21)30(36(32,33)23-10-6-3-7-11-23)19-26(35-25)27(31)29-20-28(14-16-34-17-15-28)22-8-4-2-5-9-22/h2-13,18,26H,14-17,19-20H2,1H3,(H,29,31). The van der Waals surface area contributed by atoms with Crippen molar-refractivity contribution in [2.75, 3.05) is 30.6 Å². The van der Waals surface area contributed by atoms with Crippen molar-refractivity contribution in [3.63, 3.8) is 0 Å². The van der Waals surface area contributed by atoms with Gasteiger partial charge in [0.15, 0.2) is 6.10 Å². The molecule has 2 aliphatic rings. The molecule has 3 aromatic carbocycles. The number of benzene rings is 3. The summed E-state index contributed by atoms with van der Waals surface area (Å²) in [6.07, 6.45) is 0.602. The van der Waals surface area contributed by atoms with E-state index in [4.69, 9.17) is 9.47 Å². The number of ether oxygens (including phenoxy) is 2. The number of rotatable bonds is 6. The molecule has 1 fully saturated rings. The minimum atomic E-state index is -3.89. The highest BCUT2D eigenvalue weighted by Gasteiger charge is 2.39. The third-order valence-electron chi connectivity index (χ3n) is 7.04. The number of carbonyl (C=O) groups excluding carboxylic acids is 1. The average Bonchev–Trinajstić information content (AvgIpc) is 2.92. The van der Waals surface area contributed by atoms with Gasteiger partial charge in [-0.25, -0.2) is 8.42 Å². The Morgan fingerprint density at radius 3 is 2.36 bits per heavy atom. The van der Waals surface area contributed by atoms with Gasteiger partial charge in [0, 0.05) is 25.2 Å². The predicted molar refractivity (Wildman–Crippen MR) is 138 cm³/mol. The number of nitrogens with one attached hydrogen (secondary N) is 1. The fourth-order valence-electron chi connectivity index (χ4n) is 4.94. The van der Waals surface area contributed by atoms with E-state index in [1.54, 1.807) is 42.5 Å². The SMILES string of the molecule is Cc1ccc2c(c1)N(S(=O)(=O)c1ccccc1)CC(C(=O)NCC1(c3ccccc3)CCOCC1)O2. The summed E-state index contributed by atoms with van der Waals surface area (Å²) in [6, 6.07) is 23.8. The van der Waals surface area contributed by atoms with E-state index in [0.29, 0.717) is 31.2 Å². The van der Waals surface area contributed by atoms with Gasteiger partial charge in [-0.05, 0) is 55.2 Å². The number of sulfonamides is 1. The average molecular weight is 507 g/mol. The molecule has 5 rings (SSSR count). The Morgan fingerprint density at radius 2 is 1.67 bits per heavy atom. The van der Waals surface area contributed by atoms with Gasteiger partial charge in [-0.2, -0.15) is 0 Å². The smallest absolute Gasteiger partial charge is 0.264 e. The number of aryl methyl sites for hydroxylation is 1. The third-order valence-corrected chi connectivity index (χ3v) is 8.84. The van der Waals surface area contributed by atoms with Gasteiger partial charge in [-0.15, -0.1) is 0 Å². The molecule has 0 aromatic heterocycles. The molecule has 2 heterocycles. The van der Waals surface area contributed by atoms with E-state index < -0.39 is 16.1 Å². The molecule has 1 N–H and O–H groups in total. The van der Waals surface area contributed by atoms with E-state index in [1.165, 1.54) is 4.31 Å². The maximum absolute atomic E-state index is 13.6. The molecule has 0 spiro atoms.